The van der Waals surface area contributed by atoms with Gasteiger partial charge >= 0.3 is 17.9 Å². The molecule has 0 bridgehead atoms. The van der Waals surface area contributed by atoms with Crippen LogP contribution in [0.25, 0.3) is 0 Å². The average Bonchev–Trinajstić information content (AvgIpc) is 3.30. The first-order valence-corrected chi connectivity index (χ1v) is 27.8. The lowest BCUT2D eigenvalue weighted by molar-refractivity contribution is -0.167. The summed E-state index contributed by atoms with van der Waals surface area (Å²) >= 11 is 0. The molecule has 1 unspecified atom stereocenters. The number of hydrogen-bond acceptors (Lipinski definition) is 6. The summed E-state index contributed by atoms with van der Waals surface area (Å²) in [4.78, 5) is 38.1. The minimum atomic E-state index is -0.792. The molecule has 1 atom stereocenters. The van der Waals surface area contributed by atoms with Gasteiger partial charge in [-0.25, -0.2) is 0 Å². The molecule has 0 fully saturated rings. The van der Waals surface area contributed by atoms with Gasteiger partial charge in [-0.15, -0.1) is 0 Å². The fourth-order valence-corrected chi connectivity index (χ4v) is 7.79. The topological polar surface area (TPSA) is 78.9 Å². The highest BCUT2D eigenvalue weighted by atomic mass is 16.6. The van der Waals surface area contributed by atoms with Crippen LogP contribution in [0.15, 0.2) is 60.8 Å². The molecule has 0 radical (unpaired) electrons. The summed E-state index contributed by atoms with van der Waals surface area (Å²) in [6.07, 6.45) is 66.3. The van der Waals surface area contributed by atoms with Crippen molar-refractivity contribution in [2.24, 2.45) is 0 Å². The van der Waals surface area contributed by atoms with E-state index >= 15 is 0 Å². The number of ether oxygens (including phenoxy) is 3. The highest BCUT2D eigenvalue weighted by Gasteiger charge is 2.19. The molecule has 0 amide bonds. The predicted octanol–water partition coefficient (Wildman–Crippen LogP) is 18.4. The van der Waals surface area contributed by atoms with Crippen molar-refractivity contribution in [3.8, 4) is 0 Å². The van der Waals surface area contributed by atoms with E-state index in [0.717, 1.165) is 103 Å². The smallest absolute Gasteiger partial charge is 0.306 e. The number of carbonyl (C=O) groups excluding carboxylic acids is 3. The van der Waals surface area contributed by atoms with Gasteiger partial charge in [-0.05, 0) is 96.3 Å². The van der Waals surface area contributed by atoms with E-state index in [9.17, 15) is 14.4 Å². The maximum Gasteiger partial charge on any atom is 0.306 e. The molecule has 0 saturated heterocycles. The van der Waals surface area contributed by atoms with E-state index in [0.29, 0.717) is 19.3 Å². The Hall–Kier alpha value is -2.89. The molecular formula is C59H104O6. The molecule has 6 nitrogen and oxygen atoms in total. The van der Waals surface area contributed by atoms with Gasteiger partial charge in [-0.1, -0.05) is 223 Å². The van der Waals surface area contributed by atoms with Gasteiger partial charge in [-0.2, -0.15) is 0 Å². The van der Waals surface area contributed by atoms with Gasteiger partial charge in [0.1, 0.15) is 13.2 Å². The molecule has 0 rings (SSSR count). The molecule has 0 N–H and O–H groups in total. The van der Waals surface area contributed by atoms with Gasteiger partial charge in [0.05, 0.1) is 0 Å². The van der Waals surface area contributed by atoms with E-state index in [-0.39, 0.29) is 31.1 Å². The Labute approximate surface area is 402 Å². The Balaban J connectivity index is 4.44. The first-order chi connectivity index (χ1) is 32.0. The number of hydrogen-bond donors (Lipinski definition) is 0. The average molecular weight is 909 g/mol. The third-order valence-corrected chi connectivity index (χ3v) is 12.0. The molecule has 0 aromatic heterocycles. The van der Waals surface area contributed by atoms with Crippen molar-refractivity contribution in [1.29, 1.82) is 0 Å². The van der Waals surface area contributed by atoms with Crippen LogP contribution in [0.3, 0.4) is 0 Å². The monoisotopic (exact) mass is 909 g/mol. The number of allylic oxidation sites excluding steroid dienone is 10. The summed E-state index contributed by atoms with van der Waals surface area (Å²) < 4.78 is 16.8. The highest BCUT2D eigenvalue weighted by Crippen LogP contribution is 2.14. The number of unbranched alkanes of at least 4 members (excludes halogenated alkanes) is 31. The van der Waals surface area contributed by atoms with Crippen LogP contribution in [0.2, 0.25) is 0 Å². The van der Waals surface area contributed by atoms with E-state index in [4.69, 9.17) is 14.2 Å². The largest absolute Gasteiger partial charge is 0.462 e. The molecule has 0 aliphatic heterocycles. The van der Waals surface area contributed by atoms with E-state index in [1.165, 1.54) is 135 Å². The van der Waals surface area contributed by atoms with E-state index < -0.39 is 6.10 Å². The van der Waals surface area contributed by atoms with Crippen LogP contribution < -0.4 is 0 Å². The summed E-state index contributed by atoms with van der Waals surface area (Å²) in [6, 6.07) is 0. The van der Waals surface area contributed by atoms with Crippen LogP contribution in [0.5, 0.6) is 0 Å². The molecule has 0 aliphatic rings. The molecule has 0 aliphatic carbocycles. The summed E-state index contributed by atoms with van der Waals surface area (Å²) in [5.74, 6) is -0.927. The number of rotatable bonds is 50. The molecule has 65 heavy (non-hydrogen) atoms. The van der Waals surface area contributed by atoms with Crippen LogP contribution in [0.1, 0.15) is 278 Å². The standard InChI is InChI=1S/C59H104O6/c1-4-7-10-13-16-19-22-25-27-29-30-32-34-37-40-43-46-49-52-58(61)64-55-56(54-63-57(60)51-48-45-42-39-36-33-24-21-18-15-12-9-6-3)65-59(62)53-50-47-44-41-38-35-31-28-26-23-20-17-14-11-8-5-2/h22,25,27-33,36,56H,4-21,23-24,26,34-35,37-55H2,1-3H3/b25-22-,29-27-,31-28-,32-30-,36-33-. The predicted molar refractivity (Wildman–Crippen MR) is 279 cm³/mol. The van der Waals surface area contributed by atoms with E-state index in [1.54, 1.807) is 0 Å². The summed E-state index contributed by atoms with van der Waals surface area (Å²) in [7, 11) is 0. The lowest BCUT2D eigenvalue weighted by Gasteiger charge is -2.18. The van der Waals surface area contributed by atoms with Crippen molar-refractivity contribution >= 4 is 17.9 Å². The van der Waals surface area contributed by atoms with E-state index in [1.807, 2.05) is 0 Å². The minimum Gasteiger partial charge on any atom is -0.462 e. The first-order valence-electron chi connectivity index (χ1n) is 27.8. The fourth-order valence-electron chi connectivity index (χ4n) is 7.79. The van der Waals surface area contributed by atoms with Gasteiger partial charge in [0, 0.05) is 19.3 Å². The SMILES string of the molecule is CCCCCCC\C=C/C=C\C=C/CCCCCCCC(=O)OCC(COC(=O)CCCCC/C=C\CCCCCCCC)OC(=O)CCCCCCC/C=C\CCCCCCCCC. The van der Waals surface area contributed by atoms with Crippen molar-refractivity contribution in [2.75, 3.05) is 13.2 Å². The van der Waals surface area contributed by atoms with E-state index in [2.05, 4.69) is 81.5 Å². The Morgan fingerprint density at radius 1 is 0.308 bits per heavy atom. The van der Waals surface area contributed by atoms with Gasteiger partial charge in [0.2, 0.25) is 0 Å². The lowest BCUT2D eigenvalue weighted by atomic mass is 10.1. The van der Waals surface area contributed by atoms with Crippen LogP contribution in [-0.4, -0.2) is 37.2 Å². The van der Waals surface area contributed by atoms with Crippen molar-refractivity contribution in [1.82, 2.24) is 0 Å². The Kier molecular flexibility index (Phi) is 51.3. The highest BCUT2D eigenvalue weighted by molar-refractivity contribution is 5.71. The molecule has 0 saturated carbocycles. The zero-order chi connectivity index (χ0) is 47.2. The van der Waals surface area contributed by atoms with Crippen molar-refractivity contribution in [3.63, 3.8) is 0 Å². The summed E-state index contributed by atoms with van der Waals surface area (Å²) in [6.45, 7) is 6.59. The Bertz CT molecular complexity index is 1180. The van der Waals surface area contributed by atoms with Gasteiger partial charge in [-0.3, -0.25) is 14.4 Å². The van der Waals surface area contributed by atoms with Gasteiger partial charge < -0.3 is 14.2 Å². The van der Waals surface area contributed by atoms with Crippen molar-refractivity contribution < 1.29 is 28.6 Å². The third kappa shape index (κ3) is 51.9. The second kappa shape index (κ2) is 53.7. The molecule has 0 aromatic rings. The number of esters is 3. The van der Waals surface area contributed by atoms with Crippen LogP contribution in [0, 0.1) is 0 Å². The quantitative estimate of drug-likeness (QED) is 0.0199. The molecular weight excluding hydrogens is 805 g/mol. The van der Waals surface area contributed by atoms with Crippen LogP contribution in [0.4, 0.5) is 0 Å². The molecule has 6 heteroatoms. The van der Waals surface area contributed by atoms with Crippen LogP contribution in [-0.2, 0) is 28.6 Å². The second-order valence-electron chi connectivity index (χ2n) is 18.5. The van der Waals surface area contributed by atoms with Gasteiger partial charge in [0.25, 0.3) is 0 Å². The zero-order valence-electron chi connectivity index (χ0n) is 43.0. The first kappa shape index (κ1) is 62.1. The van der Waals surface area contributed by atoms with Crippen molar-refractivity contribution in [3.05, 3.63) is 60.8 Å². The number of carbonyl (C=O) groups is 3. The maximum atomic E-state index is 12.8. The Morgan fingerprint density at radius 2 is 0.569 bits per heavy atom. The van der Waals surface area contributed by atoms with Crippen LogP contribution >= 0.6 is 0 Å². The molecule has 0 heterocycles. The molecule has 0 spiro atoms. The summed E-state index contributed by atoms with van der Waals surface area (Å²) in [5.41, 5.74) is 0. The Morgan fingerprint density at radius 3 is 0.908 bits per heavy atom. The zero-order valence-corrected chi connectivity index (χ0v) is 43.0. The fraction of sp³-hybridized carbons (Fsp3) is 0.780. The molecule has 376 valence electrons. The lowest BCUT2D eigenvalue weighted by Crippen LogP contribution is -2.30. The second-order valence-corrected chi connectivity index (χ2v) is 18.5. The van der Waals surface area contributed by atoms with Gasteiger partial charge in [0.15, 0.2) is 6.10 Å². The van der Waals surface area contributed by atoms with Crippen molar-refractivity contribution in [2.45, 2.75) is 284 Å². The maximum absolute atomic E-state index is 12.8. The minimum absolute atomic E-state index is 0.0916. The third-order valence-electron chi connectivity index (χ3n) is 12.0. The normalized spacial score (nSPS) is 12.5. The summed E-state index contributed by atoms with van der Waals surface area (Å²) in [5, 5.41) is 0. The molecule has 0 aromatic carbocycles.